The molecule has 0 aliphatic carbocycles. The van der Waals surface area contributed by atoms with E-state index in [1.165, 1.54) is 0 Å². The van der Waals surface area contributed by atoms with Crippen molar-refractivity contribution in [3.8, 4) is 5.75 Å². The second-order valence-electron chi connectivity index (χ2n) is 14.8. The second kappa shape index (κ2) is 21.0. The number of aliphatic hydroxyl groups is 1. The number of rotatable bonds is 20. The molecule has 11 heteroatoms. The van der Waals surface area contributed by atoms with Gasteiger partial charge in [0.2, 0.25) is 11.8 Å². The molecule has 0 saturated carbocycles. The number of alkyl carbamates (subject to hydrolysis) is 1. The number of carbonyl (C=O) groups is 4. The third-order valence-corrected chi connectivity index (χ3v) is 8.68. The highest BCUT2D eigenvalue weighted by molar-refractivity contribution is 5.91. The Labute approximate surface area is 313 Å². The molecule has 0 radical (unpaired) electrons. The zero-order valence-electron chi connectivity index (χ0n) is 31.8. The summed E-state index contributed by atoms with van der Waals surface area (Å²) < 4.78 is 11.2. The normalized spacial score (nSPS) is 14.3. The van der Waals surface area contributed by atoms with Gasteiger partial charge in [-0.25, -0.2) is 9.59 Å². The molecule has 0 fully saturated rings. The Kier molecular flexibility index (Phi) is 16.8. The number of carboxylic acid groups (broad SMARTS) is 1. The predicted octanol–water partition coefficient (Wildman–Crippen LogP) is 5.86. The summed E-state index contributed by atoms with van der Waals surface area (Å²) in [6.07, 6.45) is 0.585. The monoisotopic (exact) mass is 731 g/mol. The number of aliphatic carboxylic acids is 1. The van der Waals surface area contributed by atoms with Crippen LogP contribution < -0.4 is 20.7 Å². The SMILES string of the molecule is CCCCOc1ccc(C[C@H](NC(=O)C(NC(=O)C(Cc2ccccc2)CC(O)C(Cc2ccccc2)NC(=O)OC(C)(C)C)C(C)C)C(=O)O)cc1. The van der Waals surface area contributed by atoms with Crippen LogP contribution in [0.5, 0.6) is 5.75 Å². The van der Waals surface area contributed by atoms with Crippen molar-refractivity contribution in [1.29, 1.82) is 0 Å². The van der Waals surface area contributed by atoms with Crippen molar-refractivity contribution in [2.75, 3.05) is 6.61 Å². The molecule has 0 aliphatic rings. The van der Waals surface area contributed by atoms with Crippen LogP contribution in [0.15, 0.2) is 84.9 Å². The molecule has 0 aliphatic heterocycles. The summed E-state index contributed by atoms with van der Waals surface area (Å²) in [7, 11) is 0. The fourth-order valence-corrected chi connectivity index (χ4v) is 5.81. The lowest BCUT2D eigenvalue weighted by Crippen LogP contribution is -2.55. The van der Waals surface area contributed by atoms with Crippen LogP contribution in [-0.4, -0.2) is 70.5 Å². The van der Waals surface area contributed by atoms with E-state index in [9.17, 15) is 29.4 Å². The highest BCUT2D eigenvalue weighted by Gasteiger charge is 2.34. The predicted molar refractivity (Wildman–Crippen MR) is 204 cm³/mol. The first-order valence-corrected chi connectivity index (χ1v) is 18.5. The van der Waals surface area contributed by atoms with E-state index in [4.69, 9.17) is 9.47 Å². The van der Waals surface area contributed by atoms with Crippen molar-refractivity contribution in [3.63, 3.8) is 0 Å². The minimum absolute atomic E-state index is 0.0331. The van der Waals surface area contributed by atoms with E-state index in [0.717, 1.165) is 24.0 Å². The molecule has 5 atom stereocenters. The summed E-state index contributed by atoms with van der Waals surface area (Å²) in [5.74, 6) is -2.84. The molecule has 4 unspecified atom stereocenters. The molecule has 3 aromatic rings. The zero-order chi connectivity index (χ0) is 39.0. The summed E-state index contributed by atoms with van der Waals surface area (Å²) >= 11 is 0. The molecule has 0 spiro atoms. The first-order chi connectivity index (χ1) is 25.1. The van der Waals surface area contributed by atoms with E-state index in [2.05, 4.69) is 22.9 Å². The van der Waals surface area contributed by atoms with E-state index in [-0.39, 0.29) is 25.7 Å². The van der Waals surface area contributed by atoms with Crippen molar-refractivity contribution < 1.29 is 38.9 Å². The van der Waals surface area contributed by atoms with Crippen molar-refractivity contribution in [1.82, 2.24) is 16.0 Å². The van der Waals surface area contributed by atoms with Crippen LogP contribution in [0.2, 0.25) is 0 Å². The van der Waals surface area contributed by atoms with Gasteiger partial charge in [-0.1, -0.05) is 100.0 Å². The molecule has 288 valence electrons. The standard InChI is InChI=1S/C42H57N3O8/c1-7-8-23-52-33-21-19-31(20-22-33)26-35(40(49)50)43-39(48)37(28(2)3)45-38(47)32(24-29-15-11-9-12-16-29)27-36(46)34(25-30-17-13-10-14-18-30)44-41(51)53-42(4,5)6/h9-22,28,32,34-37,46H,7-8,23-27H2,1-6H3,(H,43,48)(H,44,51)(H,45,47)(H,49,50)/t32?,34?,35-,36?,37?/m0/s1. The number of carbonyl (C=O) groups excluding carboxylic acids is 3. The van der Waals surface area contributed by atoms with Crippen LogP contribution in [0.1, 0.15) is 77.5 Å². The number of unbranched alkanes of at least 4 members (excludes halogenated alkanes) is 1. The molecule has 0 saturated heterocycles. The quantitative estimate of drug-likeness (QED) is 0.0903. The van der Waals surface area contributed by atoms with E-state index < -0.39 is 65.5 Å². The maximum absolute atomic E-state index is 14.1. The van der Waals surface area contributed by atoms with Crippen molar-refractivity contribution in [3.05, 3.63) is 102 Å². The first-order valence-electron chi connectivity index (χ1n) is 18.5. The molecule has 53 heavy (non-hydrogen) atoms. The average Bonchev–Trinajstić information content (AvgIpc) is 3.10. The van der Waals surface area contributed by atoms with E-state index in [0.29, 0.717) is 17.9 Å². The summed E-state index contributed by atoms with van der Waals surface area (Å²) in [5, 5.41) is 30.0. The average molecular weight is 732 g/mol. The molecule has 11 nitrogen and oxygen atoms in total. The van der Waals surface area contributed by atoms with Crippen molar-refractivity contribution in [2.24, 2.45) is 11.8 Å². The largest absolute Gasteiger partial charge is 0.494 e. The van der Waals surface area contributed by atoms with Crippen LogP contribution in [0.4, 0.5) is 4.79 Å². The van der Waals surface area contributed by atoms with E-state index >= 15 is 0 Å². The maximum Gasteiger partial charge on any atom is 0.407 e. The van der Waals surface area contributed by atoms with Gasteiger partial charge in [-0.3, -0.25) is 9.59 Å². The zero-order valence-corrected chi connectivity index (χ0v) is 31.8. The van der Waals surface area contributed by atoms with Gasteiger partial charge in [0.25, 0.3) is 0 Å². The van der Waals surface area contributed by atoms with Gasteiger partial charge in [-0.15, -0.1) is 0 Å². The highest BCUT2D eigenvalue weighted by atomic mass is 16.6. The van der Waals surface area contributed by atoms with Gasteiger partial charge in [0.15, 0.2) is 0 Å². The van der Waals surface area contributed by atoms with Crippen LogP contribution in [-0.2, 0) is 38.4 Å². The number of aliphatic hydroxyl groups excluding tert-OH is 1. The third kappa shape index (κ3) is 15.3. The molecule has 3 rings (SSSR count). The van der Waals surface area contributed by atoms with Crippen LogP contribution in [0.3, 0.4) is 0 Å². The van der Waals surface area contributed by atoms with Crippen LogP contribution >= 0.6 is 0 Å². The van der Waals surface area contributed by atoms with Gasteiger partial charge < -0.3 is 35.6 Å². The lowest BCUT2D eigenvalue weighted by Gasteiger charge is -2.30. The summed E-state index contributed by atoms with van der Waals surface area (Å²) in [6, 6.07) is 22.7. The lowest BCUT2D eigenvalue weighted by atomic mass is 9.88. The first kappa shape index (κ1) is 42.5. The second-order valence-corrected chi connectivity index (χ2v) is 14.8. The minimum Gasteiger partial charge on any atom is -0.494 e. The van der Waals surface area contributed by atoms with Crippen molar-refractivity contribution in [2.45, 2.75) is 110 Å². The van der Waals surface area contributed by atoms with Gasteiger partial charge in [0.05, 0.1) is 18.8 Å². The number of ether oxygens (including phenoxy) is 2. The molecule has 3 aromatic carbocycles. The minimum atomic E-state index is -1.24. The van der Waals surface area contributed by atoms with Crippen LogP contribution in [0, 0.1) is 11.8 Å². The highest BCUT2D eigenvalue weighted by Crippen LogP contribution is 2.21. The molecular formula is C42H57N3O8. The number of benzene rings is 3. The van der Waals surface area contributed by atoms with Gasteiger partial charge in [-0.2, -0.15) is 0 Å². The Balaban J connectivity index is 1.79. The van der Waals surface area contributed by atoms with E-state index in [1.807, 2.05) is 60.7 Å². The molecule has 0 aromatic heterocycles. The van der Waals surface area contributed by atoms with Gasteiger partial charge >= 0.3 is 12.1 Å². The number of amides is 3. The molecule has 5 N–H and O–H groups in total. The Morgan fingerprint density at radius 3 is 1.83 bits per heavy atom. The number of hydrogen-bond acceptors (Lipinski definition) is 7. The van der Waals surface area contributed by atoms with Crippen LogP contribution in [0.25, 0.3) is 0 Å². The van der Waals surface area contributed by atoms with Gasteiger partial charge in [0, 0.05) is 12.3 Å². The topological polar surface area (TPSA) is 163 Å². The molecular weight excluding hydrogens is 674 g/mol. The Morgan fingerprint density at radius 2 is 1.30 bits per heavy atom. The lowest BCUT2D eigenvalue weighted by molar-refractivity contribution is -0.142. The van der Waals surface area contributed by atoms with Crippen molar-refractivity contribution >= 4 is 23.9 Å². The Bertz CT molecular complexity index is 1580. The third-order valence-electron chi connectivity index (χ3n) is 8.68. The maximum atomic E-state index is 14.1. The number of nitrogens with one attached hydrogen (secondary N) is 3. The summed E-state index contributed by atoms with van der Waals surface area (Å²) in [5.41, 5.74) is 1.66. The molecule has 0 heterocycles. The summed E-state index contributed by atoms with van der Waals surface area (Å²) in [6.45, 7) is 11.4. The number of carboxylic acids is 1. The fourth-order valence-electron chi connectivity index (χ4n) is 5.81. The fraction of sp³-hybridized carbons (Fsp3) is 0.476. The van der Waals surface area contributed by atoms with Gasteiger partial charge in [0.1, 0.15) is 23.4 Å². The smallest absolute Gasteiger partial charge is 0.407 e. The van der Waals surface area contributed by atoms with Gasteiger partial charge in [-0.05, 0) is 81.2 Å². The molecule has 3 amide bonds. The summed E-state index contributed by atoms with van der Waals surface area (Å²) in [4.78, 5) is 52.9. The number of hydrogen-bond donors (Lipinski definition) is 5. The molecule has 0 bridgehead atoms. The van der Waals surface area contributed by atoms with E-state index in [1.54, 1.807) is 58.9 Å². The Hall–Kier alpha value is -4.90. The Morgan fingerprint density at radius 1 is 0.736 bits per heavy atom.